The van der Waals surface area contributed by atoms with Gasteiger partial charge >= 0.3 is 5.97 Å². The number of hydrogen-bond donors (Lipinski definition) is 1. The Morgan fingerprint density at radius 1 is 1.32 bits per heavy atom. The predicted molar refractivity (Wildman–Crippen MR) is 71.1 cm³/mol. The standard InChI is InChI=1S/C13H15ClN2O3/c1-2-11(17)8-10-7-9(15-13(14)16-10)5-3-4-6-12(18)19/h2,7H,1,3-6,8H2,(H,18,19). The summed E-state index contributed by atoms with van der Waals surface area (Å²) in [6.07, 6.45) is 3.42. The Morgan fingerprint density at radius 2 is 2.00 bits per heavy atom. The van der Waals surface area contributed by atoms with Crippen molar-refractivity contribution in [3.8, 4) is 0 Å². The molecule has 0 aliphatic carbocycles. The molecule has 0 aliphatic rings. The zero-order chi connectivity index (χ0) is 14.3. The smallest absolute Gasteiger partial charge is 0.303 e. The van der Waals surface area contributed by atoms with Gasteiger partial charge in [0, 0.05) is 12.1 Å². The van der Waals surface area contributed by atoms with E-state index >= 15 is 0 Å². The minimum absolute atomic E-state index is 0.0996. The average Bonchev–Trinajstić information content (AvgIpc) is 2.33. The quantitative estimate of drug-likeness (QED) is 0.449. The Balaban J connectivity index is 2.60. The van der Waals surface area contributed by atoms with Crippen molar-refractivity contribution >= 4 is 23.4 Å². The molecule has 0 radical (unpaired) electrons. The second kappa shape index (κ2) is 7.63. The Hall–Kier alpha value is -1.75. The molecular weight excluding hydrogens is 268 g/mol. The third-order valence-electron chi connectivity index (χ3n) is 2.46. The van der Waals surface area contributed by atoms with E-state index in [1.54, 1.807) is 6.07 Å². The highest BCUT2D eigenvalue weighted by atomic mass is 35.5. The van der Waals surface area contributed by atoms with Gasteiger partial charge in [-0.15, -0.1) is 0 Å². The van der Waals surface area contributed by atoms with Crippen molar-refractivity contribution in [3.05, 3.63) is 35.4 Å². The third kappa shape index (κ3) is 6.10. The minimum atomic E-state index is -0.807. The Bertz CT molecular complexity index is 489. The molecule has 0 aromatic carbocycles. The van der Waals surface area contributed by atoms with Crippen LogP contribution < -0.4 is 0 Å². The van der Waals surface area contributed by atoms with E-state index in [2.05, 4.69) is 16.5 Å². The molecule has 1 aromatic heterocycles. The van der Waals surface area contributed by atoms with Crippen LogP contribution in [0.25, 0.3) is 0 Å². The van der Waals surface area contributed by atoms with Crippen LogP contribution in [0.15, 0.2) is 18.7 Å². The van der Waals surface area contributed by atoms with Crippen molar-refractivity contribution in [1.29, 1.82) is 0 Å². The molecule has 102 valence electrons. The number of halogens is 1. The summed E-state index contributed by atoms with van der Waals surface area (Å²) in [5.74, 6) is -0.940. The number of rotatable bonds is 8. The van der Waals surface area contributed by atoms with Crippen LogP contribution in [-0.4, -0.2) is 26.8 Å². The van der Waals surface area contributed by atoms with E-state index in [1.807, 2.05) is 0 Å². The molecular formula is C13H15ClN2O3. The second-order valence-corrected chi connectivity index (χ2v) is 4.41. The number of aryl methyl sites for hydroxylation is 1. The maximum atomic E-state index is 11.3. The van der Waals surface area contributed by atoms with Gasteiger partial charge in [0.1, 0.15) is 0 Å². The van der Waals surface area contributed by atoms with E-state index in [9.17, 15) is 9.59 Å². The van der Waals surface area contributed by atoms with Gasteiger partial charge in [0.2, 0.25) is 5.28 Å². The van der Waals surface area contributed by atoms with Gasteiger partial charge in [-0.25, -0.2) is 9.97 Å². The van der Waals surface area contributed by atoms with Crippen LogP contribution in [0.5, 0.6) is 0 Å². The van der Waals surface area contributed by atoms with E-state index in [0.29, 0.717) is 25.0 Å². The Morgan fingerprint density at radius 3 is 2.63 bits per heavy atom. The fourth-order valence-corrected chi connectivity index (χ4v) is 1.79. The van der Waals surface area contributed by atoms with E-state index in [0.717, 1.165) is 5.69 Å². The number of allylic oxidation sites excluding steroid dienone is 1. The summed E-state index contributed by atoms with van der Waals surface area (Å²) >= 11 is 5.79. The number of carbonyl (C=O) groups is 2. The van der Waals surface area contributed by atoms with Crippen LogP contribution in [0, 0.1) is 0 Å². The normalized spacial score (nSPS) is 10.2. The summed E-state index contributed by atoms with van der Waals surface area (Å²) in [5, 5.41) is 8.63. The van der Waals surface area contributed by atoms with Crippen molar-refractivity contribution in [2.75, 3.05) is 0 Å². The maximum absolute atomic E-state index is 11.3. The first-order chi connectivity index (χ1) is 9.01. The van der Waals surface area contributed by atoms with E-state index < -0.39 is 5.97 Å². The molecule has 0 spiro atoms. The van der Waals surface area contributed by atoms with E-state index in [4.69, 9.17) is 16.7 Å². The van der Waals surface area contributed by atoms with Gasteiger partial charge in [-0.3, -0.25) is 9.59 Å². The topological polar surface area (TPSA) is 80.2 Å². The Kier molecular flexibility index (Phi) is 6.15. The number of carboxylic acid groups (broad SMARTS) is 1. The molecule has 6 heteroatoms. The molecule has 0 bridgehead atoms. The van der Waals surface area contributed by atoms with Crippen LogP contribution in [0.4, 0.5) is 0 Å². The predicted octanol–water partition coefficient (Wildman–Crippen LogP) is 2.22. The lowest BCUT2D eigenvalue weighted by Gasteiger charge is -2.04. The van der Waals surface area contributed by atoms with Gasteiger partial charge in [-0.2, -0.15) is 0 Å². The van der Waals surface area contributed by atoms with Gasteiger partial charge in [-0.05, 0) is 43.0 Å². The number of ketones is 1. The summed E-state index contributed by atoms with van der Waals surface area (Å²) in [6, 6.07) is 1.72. The molecule has 5 nitrogen and oxygen atoms in total. The molecule has 1 N–H and O–H groups in total. The van der Waals surface area contributed by atoms with Crippen LogP contribution in [0.2, 0.25) is 5.28 Å². The third-order valence-corrected chi connectivity index (χ3v) is 2.63. The molecule has 0 aliphatic heterocycles. The van der Waals surface area contributed by atoms with Crippen LogP contribution in [-0.2, 0) is 22.4 Å². The largest absolute Gasteiger partial charge is 0.481 e. The van der Waals surface area contributed by atoms with Gasteiger partial charge in [-0.1, -0.05) is 6.58 Å². The van der Waals surface area contributed by atoms with Gasteiger partial charge in [0.25, 0.3) is 0 Å². The lowest BCUT2D eigenvalue weighted by molar-refractivity contribution is -0.137. The molecule has 0 saturated heterocycles. The number of aromatic nitrogens is 2. The SMILES string of the molecule is C=CC(=O)Cc1cc(CCCCC(=O)O)nc(Cl)n1. The van der Waals surface area contributed by atoms with Gasteiger partial charge in [0.05, 0.1) is 12.1 Å². The fraction of sp³-hybridized carbons (Fsp3) is 0.385. The first kappa shape index (κ1) is 15.3. The van der Waals surface area contributed by atoms with Crippen molar-refractivity contribution < 1.29 is 14.7 Å². The van der Waals surface area contributed by atoms with Crippen LogP contribution in [0.3, 0.4) is 0 Å². The first-order valence-electron chi connectivity index (χ1n) is 5.90. The van der Waals surface area contributed by atoms with Gasteiger partial charge in [0.15, 0.2) is 5.78 Å². The highest BCUT2D eigenvalue weighted by Gasteiger charge is 2.06. The molecule has 1 heterocycles. The summed E-state index contributed by atoms with van der Waals surface area (Å²) < 4.78 is 0. The number of aliphatic carboxylic acids is 1. The summed E-state index contributed by atoms with van der Waals surface area (Å²) in [5.41, 5.74) is 1.27. The zero-order valence-electron chi connectivity index (χ0n) is 10.4. The summed E-state index contributed by atoms with van der Waals surface area (Å²) in [7, 11) is 0. The lowest BCUT2D eigenvalue weighted by Crippen LogP contribution is -2.04. The molecule has 0 unspecified atom stereocenters. The molecule has 0 amide bonds. The zero-order valence-corrected chi connectivity index (χ0v) is 11.2. The molecule has 1 aromatic rings. The minimum Gasteiger partial charge on any atom is -0.481 e. The highest BCUT2D eigenvalue weighted by Crippen LogP contribution is 2.11. The van der Waals surface area contributed by atoms with E-state index in [1.165, 1.54) is 6.08 Å². The molecule has 0 saturated carbocycles. The van der Waals surface area contributed by atoms with E-state index in [-0.39, 0.29) is 23.9 Å². The number of nitrogens with zero attached hydrogens (tertiary/aromatic N) is 2. The summed E-state index contributed by atoms with van der Waals surface area (Å²) in [4.78, 5) is 29.7. The monoisotopic (exact) mass is 282 g/mol. The number of carbonyl (C=O) groups excluding carboxylic acids is 1. The number of carboxylic acids is 1. The van der Waals surface area contributed by atoms with Crippen LogP contribution >= 0.6 is 11.6 Å². The van der Waals surface area contributed by atoms with Gasteiger partial charge < -0.3 is 5.11 Å². The molecule has 1 rings (SSSR count). The lowest BCUT2D eigenvalue weighted by atomic mass is 10.1. The van der Waals surface area contributed by atoms with Crippen molar-refractivity contribution in [3.63, 3.8) is 0 Å². The summed E-state index contributed by atoms with van der Waals surface area (Å²) in [6.45, 7) is 3.40. The van der Waals surface area contributed by atoms with Crippen molar-refractivity contribution in [2.45, 2.75) is 32.1 Å². The maximum Gasteiger partial charge on any atom is 0.303 e. The molecule has 19 heavy (non-hydrogen) atoms. The fourth-order valence-electron chi connectivity index (χ4n) is 1.57. The Labute approximate surface area is 116 Å². The average molecular weight is 283 g/mol. The van der Waals surface area contributed by atoms with Crippen molar-refractivity contribution in [1.82, 2.24) is 9.97 Å². The number of unbranched alkanes of at least 4 members (excludes halogenated alkanes) is 1. The highest BCUT2D eigenvalue weighted by molar-refractivity contribution is 6.28. The van der Waals surface area contributed by atoms with Crippen molar-refractivity contribution in [2.24, 2.45) is 0 Å². The molecule has 0 fully saturated rings. The van der Waals surface area contributed by atoms with Crippen LogP contribution in [0.1, 0.15) is 30.7 Å². The number of hydrogen-bond acceptors (Lipinski definition) is 4. The first-order valence-corrected chi connectivity index (χ1v) is 6.28. The molecule has 0 atom stereocenters. The second-order valence-electron chi connectivity index (χ2n) is 4.07.